The van der Waals surface area contributed by atoms with E-state index in [1.165, 1.54) is 12.1 Å². The van der Waals surface area contributed by atoms with Crippen LogP contribution in [-0.4, -0.2) is 42.5 Å². The van der Waals surface area contributed by atoms with E-state index < -0.39 is 6.04 Å². The van der Waals surface area contributed by atoms with E-state index >= 15 is 0 Å². The van der Waals surface area contributed by atoms with Crippen LogP contribution in [0.5, 0.6) is 11.5 Å². The number of methoxy groups -OCH3 is 1. The van der Waals surface area contributed by atoms with Gasteiger partial charge in [-0.15, -0.1) is 0 Å². The lowest BCUT2D eigenvalue weighted by atomic mass is 10.1. The zero-order chi connectivity index (χ0) is 23.5. The molecule has 0 saturated carbocycles. The van der Waals surface area contributed by atoms with Crippen LogP contribution >= 0.6 is 0 Å². The number of halogens is 1. The number of hydrogen-bond acceptors (Lipinski definition) is 4. The van der Waals surface area contributed by atoms with Crippen molar-refractivity contribution in [1.82, 2.24) is 10.2 Å². The largest absolute Gasteiger partial charge is 0.497 e. The molecule has 2 amide bonds. The Balaban J connectivity index is 2.02. The second-order valence-corrected chi connectivity index (χ2v) is 7.86. The van der Waals surface area contributed by atoms with Crippen LogP contribution in [0.1, 0.15) is 45.6 Å². The molecule has 0 aliphatic heterocycles. The van der Waals surface area contributed by atoms with Gasteiger partial charge < -0.3 is 19.7 Å². The molecule has 0 aliphatic carbocycles. The first-order valence-corrected chi connectivity index (χ1v) is 10.9. The second-order valence-electron chi connectivity index (χ2n) is 7.86. The van der Waals surface area contributed by atoms with Crippen LogP contribution in [0.3, 0.4) is 0 Å². The van der Waals surface area contributed by atoms with Crippen molar-refractivity contribution in [3.63, 3.8) is 0 Å². The molecule has 2 aromatic carbocycles. The maximum absolute atomic E-state index is 13.3. The molecule has 0 saturated heterocycles. The summed E-state index contributed by atoms with van der Waals surface area (Å²) in [6.07, 6.45) is 1.23. The standard InChI is InChI=1S/C25H33FN2O4/c1-5-23(25(30)27-18(2)3)28(17-19-8-10-20(26)11-9-19)24(29)7-6-16-32-22-14-12-21(31-4)13-15-22/h8-15,18,23H,5-7,16-17H2,1-4H3,(H,27,30)/t23-/m1/s1. The van der Waals surface area contributed by atoms with Crippen LogP contribution in [-0.2, 0) is 16.1 Å². The molecule has 2 rings (SSSR count). The first-order valence-electron chi connectivity index (χ1n) is 10.9. The summed E-state index contributed by atoms with van der Waals surface area (Å²) in [5, 5.41) is 2.89. The minimum absolute atomic E-state index is 0.0304. The van der Waals surface area contributed by atoms with Gasteiger partial charge in [-0.2, -0.15) is 0 Å². The molecule has 7 heteroatoms. The van der Waals surface area contributed by atoms with Crippen molar-refractivity contribution in [3.05, 3.63) is 59.9 Å². The van der Waals surface area contributed by atoms with Crippen molar-refractivity contribution in [3.8, 4) is 11.5 Å². The van der Waals surface area contributed by atoms with Gasteiger partial charge in [0.05, 0.1) is 13.7 Å². The van der Waals surface area contributed by atoms with Crippen LogP contribution in [0.2, 0.25) is 0 Å². The number of carbonyl (C=O) groups excluding carboxylic acids is 2. The smallest absolute Gasteiger partial charge is 0.243 e. The molecule has 0 bridgehead atoms. The van der Waals surface area contributed by atoms with Crippen LogP contribution in [0.15, 0.2) is 48.5 Å². The predicted octanol–water partition coefficient (Wildman–Crippen LogP) is 4.33. The number of benzene rings is 2. The summed E-state index contributed by atoms with van der Waals surface area (Å²) in [7, 11) is 1.60. The van der Waals surface area contributed by atoms with Gasteiger partial charge in [-0.25, -0.2) is 4.39 Å². The second kappa shape index (κ2) is 12.7. The number of carbonyl (C=O) groups is 2. The van der Waals surface area contributed by atoms with Crippen LogP contribution in [0, 0.1) is 5.82 Å². The Hall–Kier alpha value is -3.09. The monoisotopic (exact) mass is 444 g/mol. The van der Waals surface area contributed by atoms with E-state index in [1.807, 2.05) is 45.0 Å². The van der Waals surface area contributed by atoms with Gasteiger partial charge >= 0.3 is 0 Å². The fraction of sp³-hybridized carbons (Fsp3) is 0.440. The molecule has 0 unspecified atom stereocenters. The van der Waals surface area contributed by atoms with E-state index in [2.05, 4.69) is 5.32 Å². The van der Waals surface area contributed by atoms with Crippen molar-refractivity contribution in [1.29, 1.82) is 0 Å². The summed E-state index contributed by atoms with van der Waals surface area (Å²) in [5.41, 5.74) is 0.769. The minimum atomic E-state index is -0.600. The van der Waals surface area contributed by atoms with Gasteiger partial charge in [-0.1, -0.05) is 19.1 Å². The summed E-state index contributed by atoms with van der Waals surface area (Å²) < 4.78 is 24.1. The highest BCUT2D eigenvalue weighted by Crippen LogP contribution is 2.18. The van der Waals surface area contributed by atoms with Crippen molar-refractivity contribution >= 4 is 11.8 Å². The first-order chi connectivity index (χ1) is 15.3. The summed E-state index contributed by atoms with van der Waals surface area (Å²) in [6.45, 7) is 6.25. The lowest BCUT2D eigenvalue weighted by molar-refractivity contribution is -0.141. The summed E-state index contributed by atoms with van der Waals surface area (Å²) in [6, 6.07) is 12.6. The number of hydrogen-bond donors (Lipinski definition) is 1. The zero-order valence-corrected chi connectivity index (χ0v) is 19.3. The third-order valence-corrected chi connectivity index (χ3v) is 4.95. The molecule has 1 N–H and O–H groups in total. The number of ether oxygens (including phenoxy) is 2. The van der Waals surface area contributed by atoms with Gasteiger partial charge in [0.2, 0.25) is 11.8 Å². The highest BCUT2D eigenvalue weighted by Gasteiger charge is 2.28. The zero-order valence-electron chi connectivity index (χ0n) is 19.3. The van der Waals surface area contributed by atoms with E-state index in [0.717, 1.165) is 11.3 Å². The molecule has 2 aromatic rings. The van der Waals surface area contributed by atoms with Gasteiger partial charge in [0, 0.05) is 19.0 Å². The Morgan fingerprint density at radius 1 is 1.03 bits per heavy atom. The SMILES string of the molecule is CC[C@H](C(=O)NC(C)C)N(Cc1ccc(F)cc1)C(=O)CCCOc1ccc(OC)cc1. The molecule has 0 aliphatic rings. The number of amides is 2. The number of rotatable bonds is 12. The number of nitrogens with zero attached hydrogens (tertiary/aromatic N) is 1. The third kappa shape index (κ3) is 7.87. The van der Waals surface area contributed by atoms with Gasteiger partial charge in [-0.3, -0.25) is 9.59 Å². The van der Waals surface area contributed by atoms with Gasteiger partial charge in [0.1, 0.15) is 23.4 Å². The van der Waals surface area contributed by atoms with Gasteiger partial charge in [-0.05, 0) is 68.7 Å². The average Bonchev–Trinajstić information content (AvgIpc) is 2.77. The Labute approximate surface area is 189 Å². The molecule has 0 aromatic heterocycles. The normalized spacial score (nSPS) is 11.7. The third-order valence-electron chi connectivity index (χ3n) is 4.95. The Kier molecular flexibility index (Phi) is 9.98. The molecule has 6 nitrogen and oxygen atoms in total. The van der Waals surface area contributed by atoms with Crippen molar-refractivity contribution in [2.75, 3.05) is 13.7 Å². The Bertz CT molecular complexity index is 853. The fourth-order valence-electron chi connectivity index (χ4n) is 3.32. The van der Waals surface area contributed by atoms with Crippen molar-refractivity contribution in [2.45, 2.75) is 58.7 Å². The fourth-order valence-corrected chi connectivity index (χ4v) is 3.32. The maximum Gasteiger partial charge on any atom is 0.243 e. The van der Waals surface area contributed by atoms with Gasteiger partial charge in [0.25, 0.3) is 0 Å². The topological polar surface area (TPSA) is 67.9 Å². The molecule has 0 heterocycles. The number of nitrogens with one attached hydrogen (secondary N) is 1. The van der Waals surface area contributed by atoms with Gasteiger partial charge in [0.15, 0.2) is 0 Å². The molecule has 0 spiro atoms. The maximum atomic E-state index is 13.3. The molecular formula is C25H33FN2O4. The lowest BCUT2D eigenvalue weighted by Gasteiger charge is -2.31. The molecule has 0 fully saturated rings. The Morgan fingerprint density at radius 2 is 1.66 bits per heavy atom. The summed E-state index contributed by atoms with van der Waals surface area (Å²) in [5.74, 6) is 0.774. The predicted molar refractivity (Wildman–Crippen MR) is 122 cm³/mol. The van der Waals surface area contributed by atoms with E-state index in [-0.39, 0.29) is 36.6 Å². The van der Waals surface area contributed by atoms with Crippen LogP contribution in [0.4, 0.5) is 4.39 Å². The molecule has 0 radical (unpaired) electrons. The first kappa shape index (κ1) is 25.2. The van der Waals surface area contributed by atoms with E-state index in [4.69, 9.17) is 9.47 Å². The minimum Gasteiger partial charge on any atom is -0.497 e. The molecular weight excluding hydrogens is 411 g/mol. The molecule has 1 atom stereocenters. The van der Waals surface area contributed by atoms with E-state index in [9.17, 15) is 14.0 Å². The Morgan fingerprint density at radius 3 is 2.22 bits per heavy atom. The van der Waals surface area contributed by atoms with E-state index in [1.54, 1.807) is 24.1 Å². The van der Waals surface area contributed by atoms with Crippen molar-refractivity contribution in [2.24, 2.45) is 0 Å². The highest BCUT2D eigenvalue weighted by molar-refractivity contribution is 5.87. The summed E-state index contributed by atoms with van der Waals surface area (Å²) >= 11 is 0. The highest BCUT2D eigenvalue weighted by atomic mass is 19.1. The quantitative estimate of drug-likeness (QED) is 0.495. The van der Waals surface area contributed by atoms with E-state index in [0.29, 0.717) is 25.2 Å². The molecule has 174 valence electrons. The van der Waals surface area contributed by atoms with Crippen LogP contribution < -0.4 is 14.8 Å². The summed E-state index contributed by atoms with van der Waals surface area (Å²) in [4.78, 5) is 27.4. The van der Waals surface area contributed by atoms with Crippen molar-refractivity contribution < 1.29 is 23.5 Å². The van der Waals surface area contributed by atoms with Crippen LogP contribution in [0.25, 0.3) is 0 Å². The molecule has 32 heavy (non-hydrogen) atoms. The lowest BCUT2D eigenvalue weighted by Crippen LogP contribution is -2.50. The average molecular weight is 445 g/mol.